The summed E-state index contributed by atoms with van der Waals surface area (Å²) in [7, 11) is -1.48. The van der Waals surface area contributed by atoms with E-state index in [0.29, 0.717) is 5.56 Å². The first-order valence-corrected chi connectivity index (χ1v) is 7.44. The lowest BCUT2D eigenvalue weighted by Crippen LogP contribution is -2.35. The molecule has 0 fully saturated rings. The van der Waals surface area contributed by atoms with E-state index in [4.69, 9.17) is 6.42 Å². The molecular weight excluding hydrogens is 299 g/mol. The second-order valence-electron chi connectivity index (χ2n) is 5.62. The van der Waals surface area contributed by atoms with Gasteiger partial charge in [-0.15, -0.1) is 6.42 Å². The largest absolute Gasteiger partial charge is 0.416 e. The first-order valence-electron chi connectivity index (χ1n) is 6.29. The van der Waals surface area contributed by atoms with Crippen molar-refractivity contribution >= 4 is 11.0 Å². The van der Waals surface area contributed by atoms with Crippen LogP contribution < -0.4 is 4.72 Å². The van der Waals surface area contributed by atoms with Crippen LogP contribution in [-0.4, -0.2) is 8.96 Å². The van der Waals surface area contributed by atoms with Crippen molar-refractivity contribution in [3.05, 3.63) is 34.9 Å². The Bertz CT molecular complexity index is 582. The lowest BCUT2D eigenvalue weighted by molar-refractivity contribution is -0.138. The summed E-state index contributed by atoms with van der Waals surface area (Å²) in [5.41, 5.74) is -0.375. The molecule has 0 unspecified atom stereocenters. The minimum Gasteiger partial charge on any atom is -0.242 e. The van der Waals surface area contributed by atoms with Gasteiger partial charge in [0.2, 0.25) is 0 Å². The van der Waals surface area contributed by atoms with Gasteiger partial charge in [-0.3, -0.25) is 0 Å². The van der Waals surface area contributed by atoms with Crippen LogP contribution in [0.5, 0.6) is 0 Å². The summed E-state index contributed by atoms with van der Waals surface area (Å²) in [5.74, 6) is 2.37. The Morgan fingerprint density at radius 1 is 1.29 bits per heavy atom. The van der Waals surface area contributed by atoms with Crippen molar-refractivity contribution in [2.45, 2.75) is 44.7 Å². The van der Waals surface area contributed by atoms with E-state index in [2.05, 4.69) is 10.6 Å². The molecule has 1 N–H and O–H groups in total. The summed E-state index contributed by atoms with van der Waals surface area (Å²) in [6, 6.07) is 2.99. The number of benzene rings is 1. The number of alkyl halides is 3. The van der Waals surface area contributed by atoms with Gasteiger partial charge >= 0.3 is 6.18 Å². The van der Waals surface area contributed by atoms with Crippen molar-refractivity contribution in [2.24, 2.45) is 0 Å². The maximum absolute atomic E-state index is 12.9. The zero-order chi connectivity index (χ0) is 16.4. The summed E-state index contributed by atoms with van der Waals surface area (Å²) < 4.78 is 53.0. The molecule has 6 heteroatoms. The molecule has 2 atom stereocenters. The Balaban J connectivity index is 3.20. The minimum absolute atomic E-state index is 0.0476. The number of rotatable bonds is 3. The molecule has 21 heavy (non-hydrogen) atoms. The summed E-state index contributed by atoms with van der Waals surface area (Å²) in [6.45, 7) is 6.62. The second-order valence-corrected chi connectivity index (χ2v) is 7.61. The predicted molar refractivity (Wildman–Crippen MR) is 78.8 cm³/mol. The molecular formula is C15H18F3NOS. The van der Waals surface area contributed by atoms with Crippen molar-refractivity contribution < 1.29 is 17.4 Å². The summed E-state index contributed by atoms with van der Waals surface area (Å²) in [5, 5.41) is 0. The van der Waals surface area contributed by atoms with Crippen LogP contribution in [0.1, 0.15) is 43.5 Å². The van der Waals surface area contributed by atoms with Crippen LogP contribution in [0, 0.1) is 19.3 Å². The van der Waals surface area contributed by atoms with Gasteiger partial charge in [0.15, 0.2) is 0 Å². The fourth-order valence-corrected chi connectivity index (χ4v) is 2.51. The highest BCUT2D eigenvalue weighted by Crippen LogP contribution is 2.34. The smallest absolute Gasteiger partial charge is 0.242 e. The average Bonchev–Trinajstić information content (AvgIpc) is 2.33. The van der Waals surface area contributed by atoms with E-state index >= 15 is 0 Å². The van der Waals surface area contributed by atoms with Gasteiger partial charge < -0.3 is 0 Å². The van der Waals surface area contributed by atoms with Crippen molar-refractivity contribution in [3.63, 3.8) is 0 Å². The standard InChI is InChI=1S/C15H18F3NOS/c1-6-13(19-21(20)14(3,4)5)11-8-7-9-12(10(11)2)15(16,17)18/h1,7-9,13,19H,2-5H3/t13-,21+/m1/s1. The van der Waals surface area contributed by atoms with Crippen LogP contribution in [0.4, 0.5) is 13.2 Å². The maximum Gasteiger partial charge on any atom is 0.416 e. The lowest BCUT2D eigenvalue weighted by Gasteiger charge is -2.23. The molecule has 0 amide bonds. The Morgan fingerprint density at radius 3 is 2.29 bits per heavy atom. The monoisotopic (exact) mass is 317 g/mol. The molecule has 0 heterocycles. The molecule has 2 nitrogen and oxygen atoms in total. The zero-order valence-corrected chi connectivity index (χ0v) is 13.2. The highest BCUT2D eigenvalue weighted by Gasteiger charge is 2.34. The third-order valence-electron chi connectivity index (χ3n) is 2.94. The highest BCUT2D eigenvalue weighted by atomic mass is 32.2. The number of hydrogen-bond acceptors (Lipinski definition) is 1. The fraction of sp³-hybridized carbons (Fsp3) is 0.467. The Labute approximate surface area is 125 Å². The molecule has 0 bridgehead atoms. The molecule has 1 aromatic rings. The number of hydrogen-bond donors (Lipinski definition) is 1. The van der Waals surface area contributed by atoms with E-state index < -0.39 is 33.5 Å². The van der Waals surface area contributed by atoms with E-state index in [9.17, 15) is 17.4 Å². The number of halogens is 3. The van der Waals surface area contributed by atoms with Gasteiger partial charge in [0.05, 0.1) is 21.3 Å². The van der Waals surface area contributed by atoms with Gasteiger partial charge in [-0.1, -0.05) is 18.1 Å². The van der Waals surface area contributed by atoms with E-state index in [0.717, 1.165) is 6.07 Å². The SMILES string of the molecule is C#C[C@@H](N[S@@](=O)C(C)(C)C)c1cccc(C(F)(F)F)c1C. The maximum atomic E-state index is 12.9. The van der Waals surface area contributed by atoms with Crippen LogP contribution in [0.25, 0.3) is 0 Å². The fourth-order valence-electron chi connectivity index (χ4n) is 1.74. The minimum atomic E-state index is -4.44. The normalized spacial score (nSPS) is 15.3. The van der Waals surface area contributed by atoms with Crippen molar-refractivity contribution in [2.75, 3.05) is 0 Å². The summed E-state index contributed by atoms with van der Waals surface area (Å²) in [6.07, 6.45) is 0.954. The molecule has 0 aliphatic rings. The van der Waals surface area contributed by atoms with E-state index in [1.807, 2.05) is 0 Å². The first kappa shape index (κ1) is 17.7. The second kappa shape index (κ2) is 6.20. The van der Waals surface area contributed by atoms with Crippen molar-refractivity contribution in [1.29, 1.82) is 0 Å². The van der Waals surface area contributed by atoms with Gasteiger partial charge in [-0.05, 0) is 44.9 Å². The Kier molecular flexibility index (Phi) is 5.24. The molecule has 0 spiro atoms. The Hall–Kier alpha value is -1.32. The van der Waals surface area contributed by atoms with Crippen molar-refractivity contribution in [1.82, 2.24) is 4.72 Å². The van der Waals surface area contributed by atoms with Crippen LogP contribution in [-0.2, 0) is 17.2 Å². The zero-order valence-electron chi connectivity index (χ0n) is 12.3. The molecule has 0 aromatic heterocycles. The predicted octanol–water partition coefficient (Wildman–Crippen LogP) is 3.74. The average molecular weight is 317 g/mol. The topological polar surface area (TPSA) is 29.1 Å². The molecule has 1 rings (SSSR count). The molecule has 1 aromatic carbocycles. The number of nitrogens with one attached hydrogen (secondary N) is 1. The van der Waals surface area contributed by atoms with E-state index in [1.165, 1.54) is 19.1 Å². The van der Waals surface area contributed by atoms with Gasteiger partial charge in [0, 0.05) is 0 Å². The van der Waals surface area contributed by atoms with Gasteiger partial charge in [-0.2, -0.15) is 13.2 Å². The molecule has 116 valence electrons. The van der Waals surface area contributed by atoms with Crippen LogP contribution in [0.3, 0.4) is 0 Å². The first-order chi connectivity index (χ1) is 9.48. The molecule has 0 saturated heterocycles. The van der Waals surface area contributed by atoms with Crippen molar-refractivity contribution in [3.8, 4) is 12.3 Å². The summed E-state index contributed by atoms with van der Waals surface area (Å²) >= 11 is 0. The van der Waals surface area contributed by atoms with Crippen LogP contribution in [0.2, 0.25) is 0 Å². The lowest BCUT2D eigenvalue weighted by atomic mass is 9.97. The molecule has 0 radical (unpaired) electrons. The van der Waals surface area contributed by atoms with Gasteiger partial charge in [0.25, 0.3) is 0 Å². The quantitative estimate of drug-likeness (QED) is 0.846. The number of terminal acetylenes is 1. The third-order valence-corrected chi connectivity index (χ3v) is 4.50. The molecule has 0 aliphatic heterocycles. The van der Waals surface area contributed by atoms with E-state index in [1.54, 1.807) is 20.8 Å². The van der Waals surface area contributed by atoms with Crippen LogP contribution in [0.15, 0.2) is 18.2 Å². The molecule has 0 aliphatic carbocycles. The highest BCUT2D eigenvalue weighted by molar-refractivity contribution is 7.84. The van der Waals surface area contributed by atoms with Crippen LogP contribution >= 0.6 is 0 Å². The molecule has 0 saturated carbocycles. The van der Waals surface area contributed by atoms with E-state index in [-0.39, 0.29) is 5.56 Å². The summed E-state index contributed by atoms with van der Waals surface area (Å²) in [4.78, 5) is 0. The third kappa shape index (κ3) is 4.32. The Morgan fingerprint density at radius 2 is 1.86 bits per heavy atom. The van der Waals surface area contributed by atoms with Gasteiger partial charge in [-0.25, -0.2) is 8.93 Å². The van der Waals surface area contributed by atoms with Gasteiger partial charge in [0.1, 0.15) is 6.04 Å².